The molecule has 2 aromatic carbocycles. The number of benzene rings is 2. The van der Waals surface area contributed by atoms with Crippen molar-refractivity contribution in [2.24, 2.45) is 0 Å². The van der Waals surface area contributed by atoms with Gasteiger partial charge in [-0.05, 0) is 36.9 Å². The summed E-state index contributed by atoms with van der Waals surface area (Å²) in [5, 5.41) is 3.72. The van der Waals surface area contributed by atoms with Gasteiger partial charge in [-0.1, -0.05) is 60.7 Å². The van der Waals surface area contributed by atoms with Crippen LogP contribution in [-0.2, 0) is 4.74 Å². The molecule has 2 aliphatic rings. The average Bonchev–Trinajstić information content (AvgIpc) is 3.01. The van der Waals surface area contributed by atoms with Gasteiger partial charge < -0.3 is 10.1 Å². The summed E-state index contributed by atoms with van der Waals surface area (Å²) in [6.07, 6.45) is 3.47. The normalized spacial score (nSPS) is 31.5. The van der Waals surface area contributed by atoms with E-state index < -0.39 is 0 Å². The summed E-state index contributed by atoms with van der Waals surface area (Å²) >= 11 is 0. The van der Waals surface area contributed by atoms with E-state index in [0.717, 1.165) is 26.0 Å². The van der Waals surface area contributed by atoms with Gasteiger partial charge in [0.25, 0.3) is 0 Å². The Morgan fingerprint density at radius 1 is 0.909 bits per heavy atom. The van der Waals surface area contributed by atoms with Crippen molar-refractivity contribution in [2.45, 2.75) is 36.8 Å². The molecule has 114 valence electrons. The Bertz CT molecular complexity index is 612. The molecule has 0 aromatic heterocycles. The molecule has 2 aliphatic heterocycles. The third kappa shape index (κ3) is 2.47. The van der Waals surface area contributed by atoms with E-state index in [-0.39, 0.29) is 5.60 Å². The zero-order chi connectivity index (χ0) is 14.8. The predicted octanol–water partition coefficient (Wildman–Crippen LogP) is 4.05. The second-order valence-electron chi connectivity index (χ2n) is 6.59. The van der Waals surface area contributed by atoms with E-state index >= 15 is 0 Å². The molecule has 22 heavy (non-hydrogen) atoms. The standard InChI is InChI=1S/C20H23NO/c1-3-8-16(9-4-1)18-14-20(22-15-18)12-7-13-21-19(20)17-10-5-2-6-11-17/h1-6,8-11,18-19,21H,7,12-15H2/t18-,19+,20-/m1/s1. The van der Waals surface area contributed by atoms with Gasteiger partial charge in [0.05, 0.1) is 18.2 Å². The first kappa shape index (κ1) is 14.0. The zero-order valence-corrected chi connectivity index (χ0v) is 12.9. The minimum Gasteiger partial charge on any atom is -0.372 e. The summed E-state index contributed by atoms with van der Waals surface area (Å²) in [4.78, 5) is 0. The maximum absolute atomic E-state index is 6.45. The van der Waals surface area contributed by atoms with Crippen LogP contribution in [0.2, 0.25) is 0 Å². The molecule has 0 aliphatic carbocycles. The minimum absolute atomic E-state index is 0.0416. The zero-order valence-electron chi connectivity index (χ0n) is 12.9. The molecule has 2 heterocycles. The highest BCUT2D eigenvalue weighted by molar-refractivity contribution is 5.27. The van der Waals surface area contributed by atoms with Crippen LogP contribution in [0.4, 0.5) is 0 Å². The van der Waals surface area contributed by atoms with Crippen molar-refractivity contribution in [1.82, 2.24) is 5.32 Å². The Hall–Kier alpha value is -1.64. The molecule has 3 atom stereocenters. The number of ether oxygens (including phenoxy) is 1. The largest absolute Gasteiger partial charge is 0.372 e. The lowest BCUT2D eigenvalue weighted by Gasteiger charge is -2.41. The summed E-state index contributed by atoms with van der Waals surface area (Å²) in [5.74, 6) is 0.521. The lowest BCUT2D eigenvalue weighted by atomic mass is 9.77. The van der Waals surface area contributed by atoms with Crippen LogP contribution >= 0.6 is 0 Å². The fourth-order valence-corrected chi connectivity index (χ4v) is 4.15. The average molecular weight is 293 g/mol. The molecule has 0 unspecified atom stereocenters. The molecule has 2 saturated heterocycles. The van der Waals surface area contributed by atoms with Gasteiger partial charge in [0.15, 0.2) is 0 Å². The van der Waals surface area contributed by atoms with E-state index in [9.17, 15) is 0 Å². The van der Waals surface area contributed by atoms with E-state index in [1.807, 2.05) is 0 Å². The Kier molecular flexibility index (Phi) is 3.73. The van der Waals surface area contributed by atoms with E-state index in [4.69, 9.17) is 4.74 Å². The molecule has 2 aromatic rings. The molecule has 1 N–H and O–H groups in total. The first-order valence-corrected chi connectivity index (χ1v) is 8.35. The molecule has 0 radical (unpaired) electrons. The molecular formula is C20H23NO. The quantitative estimate of drug-likeness (QED) is 0.902. The first-order valence-electron chi connectivity index (χ1n) is 8.35. The predicted molar refractivity (Wildman–Crippen MR) is 88.9 cm³/mol. The number of rotatable bonds is 2. The van der Waals surface area contributed by atoms with E-state index in [1.54, 1.807) is 0 Å². The van der Waals surface area contributed by atoms with Gasteiger partial charge in [0, 0.05) is 5.92 Å². The van der Waals surface area contributed by atoms with Crippen LogP contribution in [0.3, 0.4) is 0 Å². The molecule has 2 fully saturated rings. The van der Waals surface area contributed by atoms with Crippen molar-refractivity contribution in [3.63, 3.8) is 0 Å². The summed E-state index contributed by atoms with van der Waals surface area (Å²) in [5.41, 5.74) is 2.73. The monoisotopic (exact) mass is 293 g/mol. The summed E-state index contributed by atoms with van der Waals surface area (Å²) < 4.78 is 6.45. The maximum atomic E-state index is 6.45. The van der Waals surface area contributed by atoms with Gasteiger partial charge in [-0.2, -0.15) is 0 Å². The molecule has 2 nitrogen and oxygen atoms in total. The first-order chi connectivity index (χ1) is 10.9. The SMILES string of the molecule is c1ccc([C@H]2CO[C@]3(CCCN[C@H]3c3ccccc3)C2)cc1. The fourth-order valence-electron chi connectivity index (χ4n) is 4.15. The van der Waals surface area contributed by atoms with Crippen molar-refractivity contribution in [1.29, 1.82) is 0 Å². The molecular weight excluding hydrogens is 270 g/mol. The topological polar surface area (TPSA) is 21.3 Å². The lowest BCUT2D eigenvalue weighted by molar-refractivity contribution is -0.0484. The fraction of sp³-hybridized carbons (Fsp3) is 0.400. The lowest BCUT2D eigenvalue weighted by Crippen LogP contribution is -2.48. The number of piperidine rings is 1. The summed E-state index contributed by atoms with van der Waals surface area (Å²) in [6, 6.07) is 21.9. The van der Waals surface area contributed by atoms with Gasteiger partial charge in [-0.15, -0.1) is 0 Å². The molecule has 2 heteroatoms. The smallest absolute Gasteiger partial charge is 0.0883 e. The van der Waals surface area contributed by atoms with Crippen molar-refractivity contribution in [3.05, 3.63) is 71.8 Å². The number of hydrogen-bond donors (Lipinski definition) is 1. The second-order valence-corrected chi connectivity index (χ2v) is 6.59. The van der Waals surface area contributed by atoms with Gasteiger partial charge >= 0.3 is 0 Å². The van der Waals surface area contributed by atoms with Gasteiger partial charge in [0.1, 0.15) is 0 Å². The maximum Gasteiger partial charge on any atom is 0.0883 e. The summed E-state index contributed by atoms with van der Waals surface area (Å²) in [6.45, 7) is 1.93. The van der Waals surface area contributed by atoms with Gasteiger partial charge in [0.2, 0.25) is 0 Å². The Morgan fingerprint density at radius 3 is 2.32 bits per heavy atom. The Morgan fingerprint density at radius 2 is 1.59 bits per heavy atom. The van der Waals surface area contributed by atoms with Crippen molar-refractivity contribution < 1.29 is 4.74 Å². The van der Waals surface area contributed by atoms with Crippen LogP contribution in [0, 0.1) is 0 Å². The van der Waals surface area contributed by atoms with Crippen molar-refractivity contribution in [2.75, 3.05) is 13.2 Å². The van der Waals surface area contributed by atoms with Crippen LogP contribution in [0.15, 0.2) is 60.7 Å². The molecule has 0 amide bonds. The highest BCUT2D eigenvalue weighted by Gasteiger charge is 2.48. The van der Waals surface area contributed by atoms with E-state index in [0.29, 0.717) is 12.0 Å². The Balaban J connectivity index is 1.62. The minimum atomic E-state index is -0.0416. The van der Waals surface area contributed by atoms with E-state index in [1.165, 1.54) is 17.5 Å². The molecule has 1 spiro atoms. The third-order valence-electron chi connectivity index (χ3n) is 5.22. The van der Waals surface area contributed by atoms with Crippen LogP contribution in [-0.4, -0.2) is 18.8 Å². The van der Waals surface area contributed by atoms with Crippen LogP contribution < -0.4 is 5.32 Å². The number of hydrogen-bond acceptors (Lipinski definition) is 2. The van der Waals surface area contributed by atoms with Crippen molar-refractivity contribution >= 4 is 0 Å². The van der Waals surface area contributed by atoms with Gasteiger partial charge in [-0.3, -0.25) is 0 Å². The third-order valence-corrected chi connectivity index (χ3v) is 5.22. The van der Waals surface area contributed by atoms with Crippen LogP contribution in [0.5, 0.6) is 0 Å². The highest BCUT2D eigenvalue weighted by Crippen LogP contribution is 2.48. The molecule has 4 rings (SSSR count). The molecule has 0 bridgehead atoms. The Labute approximate surface area is 132 Å². The van der Waals surface area contributed by atoms with Crippen LogP contribution in [0.25, 0.3) is 0 Å². The second kappa shape index (κ2) is 5.86. The van der Waals surface area contributed by atoms with E-state index in [2.05, 4.69) is 66.0 Å². The van der Waals surface area contributed by atoms with Crippen LogP contribution in [0.1, 0.15) is 42.3 Å². The summed E-state index contributed by atoms with van der Waals surface area (Å²) in [7, 11) is 0. The molecule has 0 saturated carbocycles. The van der Waals surface area contributed by atoms with Crippen molar-refractivity contribution in [3.8, 4) is 0 Å². The highest BCUT2D eigenvalue weighted by atomic mass is 16.5. The van der Waals surface area contributed by atoms with Gasteiger partial charge in [-0.25, -0.2) is 0 Å². The number of nitrogens with one attached hydrogen (secondary N) is 1.